The van der Waals surface area contributed by atoms with Crippen LogP contribution in [0.4, 0.5) is 16.2 Å². The molecule has 0 spiro atoms. The van der Waals surface area contributed by atoms with Gasteiger partial charge >= 0.3 is 6.03 Å². The van der Waals surface area contributed by atoms with Gasteiger partial charge in [0.05, 0.1) is 19.3 Å². The zero-order valence-electron chi connectivity index (χ0n) is 25.2. The van der Waals surface area contributed by atoms with Crippen LogP contribution in [0.15, 0.2) is 72.9 Å². The summed E-state index contributed by atoms with van der Waals surface area (Å²) in [4.78, 5) is 37.5. The number of nitrogens with zero attached hydrogens (tertiary/aromatic N) is 3. The fraction of sp³-hybridized carbons (Fsp3) is 0.353. The normalized spacial score (nSPS) is 18.2. The van der Waals surface area contributed by atoms with Gasteiger partial charge < -0.3 is 35.4 Å². The van der Waals surface area contributed by atoms with E-state index in [-0.39, 0.29) is 29.5 Å². The van der Waals surface area contributed by atoms with E-state index in [9.17, 15) is 14.7 Å². The Morgan fingerprint density at radius 3 is 2.57 bits per heavy atom. The number of quaternary nitrogens is 1. The van der Waals surface area contributed by atoms with Gasteiger partial charge in [0.2, 0.25) is 5.91 Å². The van der Waals surface area contributed by atoms with E-state index in [0.29, 0.717) is 37.7 Å². The number of anilines is 2. The molecule has 5 N–H and O–H groups in total. The summed E-state index contributed by atoms with van der Waals surface area (Å²) in [5.74, 6) is 0.0511. The number of hydrogen-bond donors (Lipinski definition) is 4. The number of carbonyl (C=O) groups is 2. The molecule has 2 aliphatic heterocycles. The number of fused-ring (bicyclic) bond motifs is 2. The highest BCUT2D eigenvalue weighted by molar-refractivity contribution is 6.30. The largest absolute Gasteiger partial charge is 0.506 e. The van der Waals surface area contributed by atoms with E-state index in [4.69, 9.17) is 11.6 Å². The van der Waals surface area contributed by atoms with Gasteiger partial charge in [-0.1, -0.05) is 48.9 Å². The van der Waals surface area contributed by atoms with Gasteiger partial charge in [-0.3, -0.25) is 4.79 Å². The predicted octanol–water partition coefficient (Wildman–Crippen LogP) is 3.93. The highest BCUT2D eigenvalue weighted by atomic mass is 35.5. The number of rotatable bonds is 7. The number of phenols is 1. The number of urea groups is 1. The van der Waals surface area contributed by atoms with E-state index >= 15 is 0 Å². The maximum atomic E-state index is 14.7. The minimum Gasteiger partial charge on any atom is -0.506 e. The number of phenolic OH excluding ortho intramolecular Hbond substituents is 1. The Morgan fingerprint density at radius 2 is 1.80 bits per heavy atom. The Kier molecular flexibility index (Phi) is 8.68. The van der Waals surface area contributed by atoms with Gasteiger partial charge in [0.25, 0.3) is 0 Å². The van der Waals surface area contributed by atoms with Gasteiger partial charge in [-0.15, -0.1) is 0 Å². The predicted molar refractivity (Wildman–Crippen MR) is 175 cm³/mol. The number of nitrogens with two attached hydrogens (primary N) is 1. The van der Waals surface area contributed by atoms with Crippen molar-refractivity contribution in [3.05, 3.63) is 89.1 Å². The average molecular weight is 616 g/mol. The molecule has 2 unspecified atom stereocenters. The summed E-state index contributed by atoms with van der Waals surface area (Å²) in [6.07, 6.45) is 2.80. The topological polar surface area (TPSA) is 109 Å². The fourth-order valence-corrected chi connectivity index (χ4v) is 6.93. The van der Waals surface area contributed by atoms with Crippen LogP contribution in [0.25, 0.3) is 10.9 Å². The molecule has 3 heterocycles. The van der Waals surface area contributed by atoms with Gasteiger partial charge in [-0.05, 0) is 53.9 Å². The highest BCUT2D eigenvalue weighted by Crippen LogP contribution is 2.35. The average Bonchev–Trinajstić information content (AvgIpc) is 3.47. The van der Waals surface area contributed by atoms with E-state index in [1.54, 1.807) is 17.0 Å². The number of amides is 3. The van der Waals surface area contributed by atoms with Crippen molar-refractivity contribution in [1.29, 1.82) is 0 Å². The minimum absolute atomic E-state index is 0.131. The van der Waals surface area contributed by atoms with Gasteiger partial charge in [-0.25, -0.2) is 4.79 Å². The van der Waals surface area contributed by atoms with Crippen LogP contribution in [0.2, 0.25) is 5.02 Å². The van der Waals surface area contributed by atoms with Crippen molar-refractivity contribution >= 4 is 45.8 Å². The van der Waals surface area contributed by atoms with Crippen LogP contribution in [0.1, 0.15) is 24.0 Å². The lowest BCUT2D eigenvalue weighted by Gasteiger charge is -2.39. The van der Waals surface area contributed by atoms with Gasteiger partial charge in [0.15, 0.2) is 0 Å². The van der Waals surface area contributed by atoms with E-state index in [1.807, 2.05) is 79.7 Å². The fourth-order valence-electron chi connectivity index (χ4n) is 6.74. The number of nitrogens with one attached hydrogen (secondary N) is 2. The van der Waals surface area contributed by atoms with Crippen LogP contribution in [-0.2, 0) is 11.2 Å². The summed E-state index contributed by atoms with van der Waals surface area (Å²) in [6.45, 7) is 5.58. The Hall–Kier alpha value is -4.21. The maximum absolute atomic E-state index is 14.7. The molecule has 0 aliphatic carbocycles. The van der Waals surface area contributed by atoms with Crippen molar-refractivity contribution in [3.8, 4) is 5.75 Å². The summed E-state index contributed by atoms with van der Waals surface area (Å²) in [7, 11) is 2.04. The van der Waals surface area contributed by atoms with Gasteiger partial charge in [-0.2, -0.15) is 0 Å². The van der Waals surface area contributed by atoms with Crippen molar-refractivity contribution in [2.75, 3.05) is 56.1 Å². The van der Waals surface area contributed by atoms with E-state index in [2.05, 4.69) is 20.5 Å². The molecule has 2 aliphatic rings. The number of H-pyrrole nitrogens is 1. The molecule has 230 valence electrons. The number of halogens is 1. The first-order chi connectivity index (χ1) is 21.3. The molecule has 3 atom stereocenters. The maximum Gasteiger partial charge on any atom is 0.318 e. The number of piperazine rings is 1. The zero-order valence-corrected chi connectivity index (χ0v) is 25.9. The molecule has 9 nitrogen and oxygen atoms in total. The van der Waals surface area contributed by atoms with Crippen LogP contribution < -0.4 is 20.4 Å². The van der Waals surface area contributed by atoms with Crippen LogP contribution in [0, 0.1) is 5.92 Å². The molecule has 6 rings (SSSR count). The van der Waals surface area contributed by atoms with Crippen molar-refractivity contribution < 1.29 is 20.0 Å². The van der Waals surface area contributed by atoms with Crippen molar-refractivity contribution in [2.24, 2.45) is 5.92 Å². The molecule has 3 amide bonds. The van der Waals surface area contributed by atoms with Crippen molar-refractivity contribution in [3.63, 3.8) is 0 Å². The van der Waals surface area contributed by atoms with E-state index in [1.165, 1.54) is 0 Å². The second-order valence-corrected chi connectivity index (χ2v) is 12.3. The number of carbonyl (C=O) groups excluding carboxylic acids is 2. The van der Waals surface area contributed by atoms with Gasteiger partial charge in [0, 0.05) is 72.4 Å². The molecule has 0 bridgehead atoms. The van der Waals surface area contributed by atoms with Crippen molar-refractivity contribution in [2.45, 2.75) is 25.3 Å². The quantitative estimate of drug-likeness (QED) is 0.253. The monoisotopic (exact) mass is 615 g/mol. The lowest BCUT2D eigenvalue weighted by Crippen LogP contribution is -2.82. The number of hydrogen-bond acceptors (Lipinski definition) is 4. The first-order valence-electron chi connectivity index (χ1n) is 15.4. The number of aromatic nitrogens is 1. The molecule has 0 saturated carbocycles. The molecular weight excluding hydrogens is 576 g/mol. The summed E-state index contributed by atoms with van der Waals surface area (Å²) in [5, 5.41) is 17.3. The highest BCUT2D eigenvalue weighted by Gasteiger charge is 2.38. The smallest absolute Gasteiger partial charge is 0.318 e. The molecule has 1 saturated heterocycles. The number of para-hydroxylation sites is 3. The van der Waals surface area contributed by atoms with E-state index in [0.717, 1.165) is 46.4 Å². The Labute approximate surface area is 262 Å². The second kappa shape index (κ2) is 12.8. The molecule has 4 aromatic rings. The third-order valence-electron chi connectivity index (χ3n) is 9.06. The molecule has 1 aromatic heterocycles. The lowest BCUT2D eigenvalue weighted by atomic mass is 9.88. The first-order valence-corrected chi connectivity index (χ1v) is 15.7. The molecule has 1 fully saturated rings. The number of aromatic hydroxyl groups is 1. The van der Waals surface area contributed by atoms with Crippen LogP contribution in [0.3, 0.4) is 0 Å². The number of aromatic amines is 1. The molecular formula is C34H40ClN6O3+. The lowest BCUT2D eigenvalue weighted by molar-refractivity contribution is -0.632. The standard InChI is InChI=1S/C34H39ClN6O3/c1-22(27-20-37-28-8-4-3-7-26(27)28)32(33(43)41-21-23(19-36-2)17-24-18-25(35)11-12-29(24)41)38-34(44)40-15-13-39(14-16-40)30-9-5-6-10-31(30)42/h3-12,18,20,22-23,32,36-37,42H,13-17,19,21H2,1-2H3,(H,38,44)/p+1/t22?,23-,32?/m1/s1. The number of benzene rings is 3. The van der Waals surface area contributed by atoms with Crippen molar-refractivity contribution in [1.82, 2.24) is 15.2 Å². The molecule has 0 radical (unpaired) electrons. The van der Waals surface area contributed by atoms with Gasteiger partial charge in [0.1, 0.15) is 11.8 Å². The molecule has 10 heteroatoms. The summed E-state index contributed by atoms with van der Waals surface area (Å²) in [5.41, 5.74) is 4.64. The summed E-state index contributed by atoms with van der Waals surface area (Å²) >= 11 is 6.38. The second-order valence-electron chi connectivity index (χ2n) is 11.9. The minimum atomic E-state index is -0.800. The van der Waals surface area contributed by atoms with Crippen LogP contribution >= 0.6 is 11.6 Å². The Morgan fingerprint density at radius 1 is 1.05 bits per heavy atom. The Bertz CT molecular complexity index is 1650. The molecule has 44 heavy (non-hydrogen) atoms. The van der Waals surface area contributed by atoms with E-state index < -0.39 is 6.04 Å². The third-order valence-corrected chi connectivity index (χ3v) is 9.30. The Balaban J connectivity index is 1.28. The third kappa shape index (κ3) is 5.94. The molecule has 3 aromatic carbocycles. The van der Waals surface area contributed by atoms with Crippen LogP contribution in [0.5, 0.6) is 5.75 Å². The van der Waals surface area contributed by atoms with Crippen LogP contribution in [-0.4, -0.2) is 79.3 Å². The SMILES string of the molecule is C[NH2+]C[C@H]1Cc2cc(Cl)ccc2N(C(=O)C(NC(=O)N2CCN(c3ccccc3O)CC2)C(C)c2c[nH]c3ccccc23)C1. The summed E-state index contributed by atoms with van der Waals surface area (Å²) < 4.78 is 0. The first kappa shape index (κ1) is 29.8. The summed E-state index contributed by atoms with van der Waals surface area (Å²) in [6, 6.07) is 19.9. The zero-order chi connectivity index (χ0) is 30.8.